The number of nitrogens with one attached hydrogen (secondary N) is 2. The van der Waals surface area contributed by atoms with E-state index in [4.69, 9.17) is 9.26 Å². The molecule has 37 heavy (non-hydrogen) atoms. The van der Waals surface area contributed by atoms with Gasteiger partial charge in [0.25, 0.3) is 5.91 Å². The number of urea groups is 1. The van der Waals surface area contributed by atoms with Crippen LogP contribution in [0.2, 0.25) is 0 Å². The summed E-state index contributed by atoms with van der Waals surface area (Å²) in [5.74, 6) is 0.402. The van der Waals surface area contributed by atoms with Crippen molar-refractivity contribution in [3.63, 3.8) is 0 Å². The number of anilines is 2. The van der Waals surface area contributed by atoms with Gasteiger partial charge >= 0.3 is 6.03 Å². The maximum absolute atomic E-state index is 13.5. The molecule has 1 aromatic carbocycles. The van der Waals surface area contributed by atoms with Gasteiger partial charge in [-0.3, -0.25) is 9.59 Å². The Kier molecular flexibility index (Phi) is 7.72. The Hall–Kier alpha value is -3.60. The summed E-state index contributed by atoms with van der Waals surface area (Å²) in [6, 6.07) is 4.24. The summed E-state index contributed by atoms with van der Waals surface area (Å²) in [6.45, 7) is 7.57. The lowest BCUT2D eigenvalue weighted by molar-refractivity contribution is -0.117. The molecule has 4 amide bonds. The number of fused-ring (bicyclic) bond motifs is 1. The number of aliphatic hydroxyl groups excluding tert-OH is 1. The molecule has 11 nitrogen and oxygen atoms in total. The van der Waals surface area contributed by atoms with E-state index >= 15 is 0 Å². The van der Waals surface area contributed by atoms with E-state index < -0.39 is 12.1 Å². The van der Waals surface area contributed by atoms with Crippen molar-refractivity contribution >= 4 is 29.2 Å². The largest absolute Gasteiger partial charge is 0.487 e. The van der Waals surface area contributed by atoms with Crippen molar-refractivity contribution in [2.75, 3.05) is 37.4 Å². The highest BCUT2D eigenvalue weighted by molar-refractivity contribution is 6.00. The average molecular weight is 514 g/mol. The predicted octanol–water partition coefficient (Wildman–Crippen LogP) is 3.02. The lowest BCUT2D eigenvalue weighted by Gasteiger charge is -2.38. The number of benzene rings is 1. The van der Waals surface area contributed by atoms with Crippen LogP contribution < -0.4 is 15.4 Å². The highest BCUT2D eigenvalue weighted by Crippen LogP contribution is 2.33. The van der Waals surface area contributed by atoms with Crippen molar-refractivity contribution in [1.29, 1.82) is 0 Å². The normalized spacial score (nSPS) is 20.3. The van der Waals surface area contributed by atoms with Gasteiger partial charge in [-0.2, -0.15) is 0 Å². The summed E-state index contributed by atoms with van der Waals surface area (Å²) in [6.07, 6.45) is 1.29. The number of amides is 4. The Morgan fingerprint density at radius 3 is 2.62 bits per heavy atom. The summed E-state index contributed by atoms with van der Waals surface area (Å²) >= 11 is 0. The van der Waals surface area contributed by atoms with Crippen LogP contribution in [0.5, 0.6) is 5.75 Å². The molecule has 0 bridgehead atoms. The topological polar surface area (TPSA) is 137 Å². The fraction of sp³-hybridized carbons (Fsp3) is 0.538. The monoisotopic (exact) mass is 513 g/mol. The lowest BCUT2D eigenvalue weighted by Crippen LogP contribution is -2.50. The second kappa shape index (κ2) is 10.8. The van der Waals surface area contributed by atoms with E-state index in [1.807, 2.05) is 6.92 Å². The Morgan fingerprint density at radius 1 is 1.27 bits per heavy atom. The molecule has 1 aromatic heterocycles. The number of ether oxygens (including phenoxy) is 1. The fourth-order valence-corrected chi connectivity index (χ4v) is 4.32. The van der Waals surface area contributed by atoms with Crippen LogP contribution in [0.4, 0.5) is 16.2 Å². The standard InChI is InChI=1S/C26H35N5O6/c1-14-11-31(15(2)13-32)25(34)20-10-19(27-24(33)18-6-7-18)8-9-21(20)36-22(14)12-30(5)26(35)28-23-16(3)29-37-17(23)4/h8-10,14-15,18,22,32H,6-7,11-13H2,1-5H3,(H,27,33)(H,28,35)/t14-,15+,22-/m1/s1. The second-order valence-corrected chi connectivity index (χ2v) is 10.1. The molecule has 0 saturated heterocycles. The van der Waals surface area contributed by atoms with E-state index in [0.717, 1.165) is 12.8 Å². The molecule has 1 saturated carbocycles. The minimum absolute atomic E-state index is 0.0252. The van der Waals surface area contributed by atoms with Gasteiger partial charge in [0.15, 0.2) is 5.76 Å². The molecule has 200 valence electrons. The van der Waals surface area contributed by atoms with Gasteiger partial charge in [0, 0.05) is 31.1 Å². The molecule has 1 aliphatic carbocycles. The van der Waals surface area contributed by atoms with Gasteiger partial charge in [-0.25, -0.2) is 4.79 Å². The third-order valence-corrected chi connectivity index (χ3v) is 6.95. The van der Waals surface area contributed by atoms with Gasteiger partial charge < -0.3 is 34.8 Å². The summed E-state index contributed by atoms with van der Waals surface area (Å²) in [5.41, 5.74) is 1.93. The van der Waals surface area contributed by atoms with Crippen LogP contribution in [0.1, 0.15) is 48.5 Å². The fourth-order valence-electron chi connectivity index (χ4n) is 4.32. The molecule has 3 atom stereocenters. The van der Waals surface area contributed by atoms with Gasteiger partial charge in [0.1, 0.15) is 23.2 Å². The smallest absolute Gasteiger partial charge is 0.321 e. The van der Waals surface area contributed by atoms with Gasteiger partial charge in [-0.05, 0) is 51.8 Å². The minimum atomic E-state index is -0.451. The third-order valence-electron chi connectivity index (χ3n) is 6.95. The van der Waals surface area contributed by atoms with Gasteiger partial charge in [-0.1, -0.05) is 12.1 Å². The van der Waals surface area contributed by atoms with Crippen molar-refractivity contribution in [1.82, 2.24) is 15.0 Å². The lowest BCUT2D eigenvalue weighted by atomic mass is 9.99. The molecule has 1 aliphatic heterocycles. The van der Waals surface area contributed by atoms with Gasteiger partial charge in [-0.15, -0.1) is 0 Å². The first-order chi connectivity index (χ1) is 17.6. The zero-order valence-corrected chi connectivity index (χ0v) is 21.9. The number of carbonyl (C=O) groups excluding carboxylic acids is 3. The molecular formula is C26H35N5O6. The van der Waals surface area contributed by atoms with Crippen molar-refractivity contribution in [3.05, 3.63) is 35.2 Å². The number of rotatable bonds is 7. The van der Waals surface area contributed by atoms with E-state index in [2.05, 4.69) is 15.8 Å². The van der Waals surface area contributed by atoms with Crippen LogP contribution in [0.3, 0.4) is 0 Å². The van der Waals surface area contributed by atoms with Crippen LogP contribution >= 0.6 is 0 Å². The molecule has 4 rings (SSSR count). The number of nitrogens with zero attached hydrogens (tertiary/aromatic N) is 3. The maximum Gasteiger partial charge on any atom is 0.321 e. The predicted molar refractivity (Wildman–Crippen MR) is 137 cm³/mol. The maximum atomic E-state index is 13.5. The molecule has 0 radical (unpaired) electrons. The van der Waals surface area contributed by atoms with Crippen LogP contribution in [0.25, 0.3) is 0 Å². The number of hydrogen-bond donors (Lipinski definition) is 3. The van der Waals surface area contributed by atoms with Crippen molar-refractivity contribution in [2.45, 2.75) is 52.7 Å². The second-order valence-electron chi connectivity index (χ2n) is 10.1. The Balaban J connectivity index is 1.57. The number of likely N-dealkylation sites (N-methyl/N-ethyl adjacent to an activating group) is 1. The van der Waals surface area contributed by atoms with E-state index in [1.54, 1.807) is 50.9 Å². The van der Waals surface area contributed by atoms with Crippen LogP contribution in [0.15, 0.2) is 22.7 Å². The van der Waals surface area contributed by atoms with E-state index in [-0.39, 0.29) is 42.8 Å². The summed E-state index contributed by atoms with van der Waals surface area (Å²) < 4.78 is 11.5. The zero-order chi connectivity index (χ0) is 26.9. The number of aryl methyl sites for hydroxylation is 2. The molecule has 3 N–H and O–H groups in total. The molecule has 2 aromatic rings. The van der Waals surface area contributed by atoms with Gasteiger partial charge in [0.05, 0.1) is 24.8 Å². The van der Waals surface area contributed by atoms with Crippen molar-refractivity contribution in [2.24, 2.45) is 11.8 Å². The SMILES string of the molecule is Cc1noc(C)c1NC(=O)N(C)C[C@H]1Oc2ccc(NC(=O)C3CC3)cc2C(=O)N([C@@H](C)CO)C[C@H]1C. The molecule has 11 heteroatoms. The van der Waals surface area contributed by atoms with Gasteiger partial charge in [0.2, 0.25) is 5.91 Å². The molecule has 1 fully saturated rings. The van der Waals surface area contributed by atoms with E-state index in [0.29, 0.717) is 40.7 Å². The molecule has 2 heterocycles. The molecule has 0 unspecified atom stereocenters. The quantitative estimate of drug-likeness (QED) is 0.517. The van der Waals surface area contributed by atoms with E-state index in [1.165, 1.54) is 4.90 Å². The first kappa shape index (κ1) is 26.5. The Labute approximate surface area is 216 Å². The average Bonchev–Trinajstić information content (AvgIpc) is 3.68. The van der Waals surface area contributed by atoms with Crippen LogP contribution in [-0.4, -0.2) is 76.8 Å². The third kappa shape index (κ3) is 5.87. The summed E-state index contributed by atoms with van der Waals surface area (Å²) in [5, 5.41) is 19.4. The summed E-state index contributed by atoms with van der Waals surface area (Å²) in [7, 11) is 1.67. The molecular weight excluding hydrogens is 478 g/mol. The zero-order valence-electron chi connectivity index (χ0n) is 21.9. The number of aromatic nitrogens is 1. The van der Waals surface area contributed by atoms with Crippen molar-refractivity contribution in [3.8, 4) is 5.75 Å². The molecule has 0 spiro atoms. The number of aliphatic hydroxyl groups is 1. The highest BCUT2D eigenvalue weighted by atomic mass is 16.5. The first-order valence-corrected chi connectivity index (χ1v) is 12.6. The van der Waals surface area contributed by atoms with Crippen LogP contribution in [-0.2, 0) is 4.79 Å². The number of carbonyl (C=O) groups is 3. The highest BCUT2D eigenvalue weighted by Gasteiger charge is 2.35. The van der Waals surface area contributed by atoms with Crippen molar-refractivity contribution < 1.29 is 28.8 Å². The van der Waals surface area contributed by atoms with Crippen LogP contribution in [0, 0.1) is 25.7 Å². The summed E-state index contributed by atoms with van der Waals surface area (Å²) in [4.78, 5) is 41.9. The number of hydrogen-bond acceptors (Lipinski definition) is 7. The Bertz CT molecular complexity index is 1160. The Morgan fingerprint density at radius 2 is 2.00 bits per heavy atom. The molecule has 2 aliphatic rings. The minimum Gasteiger partial charge on any atom is -0.487 e. The van der Waals surface area contributed by atoms with E-state index in [9.17, 15) is 19.5 Å². The first-order valence-electron chi connectivity index (χ1n) is 12.6.